The van der Waals surface area contributed by atoms with E-state index in [1.54, 1.807) is 11.0 Å². The van der Waals surface area contributed by atoms with E-state index in [4.69, 9.17) is 21.1 Å². The molecule has 0 aromatic heterocycles. The van der Waals surface area contributed by atoms with Gasteiger partial charge in [0.1, 0.15) is 17.5 Å². The van der Waals surface area contributed by atoms with Crippen LogP contribution < -0.4 is 4.74 Å². The van der Waals surface area contributed by atoms with Gasteiger partial charge < -0.3 is 14.4 Å². The Morgan fingerprint density at radius 1 is 1.33 bits per heavy atom. The molecule has 0 radical (unpaired) electrons. The van der Waals surface area contributed by atoms with E-state index in [2.05, 4.69) is 0 Å². The van der Waals surface area contributed by atoms with Crippen LogP contribution in [0.1, 0.15) is 33.6 Å². The first kappa shape index (κ1) is 16.0. The summed E-state index contributed by atoms with van der Waals surface area (Å²) in [6, 6.07) is 7.39. The fraction of sp³-hybridized carbons (Fsp3) is 0.562. The van der Waals surface area contributed by atoms with E-state index in [1.807, 2.05) is 39.0 Å². The number of carbonyl (C=O) groups is 1. The van der Waals surface area contributed by atoms with Crippen molar-refractivity contribution in [2.45, 2.75) is 45.3 Å². The van der Waals surface area contributed by atoms with Gasteiger partial charge in [-0.1, -0.05) is 23.7 Å². The van der Waals surface area contributed by atoms with Crippen molar-refractivity contribution < 1.29 is 14.3 Å². The van der Waals surface area contributed by atoms with Crippen molar-refractivity contribution in [1.82, 2.24) is 4.90 Å². The second-order valence-corrected chi connectivity index (χ2v) is 6.65. The number of ether oxygens (including phenoxy) is 2. The van der Waals surface area contributed by atoms with Gasteiger partial charge in [0.15, 0.2) is 0 Å². The molecule has 0 saturated carbocycles. The first-order valence-corrected chi connectivity index (χ1v) is 7.62. The molecule has 1 heterocycles. The highest BCUT2D eigenvalue weighted by Crippen LogP contribution is 2.26. The monoisotopic (exact) mass is 311 g/mol. The Morgan fingerprint density at radius 3 is 2.71 bits per heavy atom. The van der Waals surface area contributed by atoms with E-state index in [1.165, 1.54) is 0 Å². The van der Waals surface area contributed by atoms with Gasteiger partial charge in [-0.15, -0.1) is 0 Å². The first-order valence-electron chi connectivity index (χ1n) is 7.24. The highest BCUT2D eigenvalue weighted by molar-refractivity contribution is 6.32. The van der Waals surface area contributed by atoms with Crippen LogP contribution in [0.4, 0.5) is 4.79 Å². The van der Waals surface area contributed by atoms with Crippen LogP contribution in [0.3, 0.4) is 0 Å². The van der Waals surface area contributed by atoms with Gasteiger partial charge in [0.05, 0.1) is 11.6 Å². The molecule has 1 aliphatic heterocycles. The molecule has 5 heteroatoms. The lowest BCUT2D eigenvalue weighted by molar-refractivity contribution is 0.00778. The van der Waals surface area contributed by atoms with Gasteiger partial charge >= 0.3 is 6.09 Å². The second-order valence-electron chi connectivity index (χ2n) is 6.24. The molecule has 0 N–H and O–H groups in total. The van der Waals surface area contributed by atoms with Crippen LogP contribution in [0, 0.1) is 0 Å². The van der Waals surface area contributed by atoms with Crippen LogP contribution >= 0.6 is 11.6 Å². The SMILES string of the molecule is CC(C)(C)OC(=O)N1CCCC(Oc2ccccc2Cl)C1. The quantitative estimate of drug-likeness (QED) is 0.824. The smallest absolute Gasteiger partial charge is 0.410 e. The summed E-state index contributed by atoms with van der Waals surface area (Å²) < 4.78 is 11.3. The average Bonchev–Trinajstić information content (AvgIpc) is 2.40. The number of amides is 1. The molecular weight excluding hydrogens is 290 g/mol. The Labute approximate surface area is 131 Å². The third-order valence-corrected chi connectivity index (χ3v) is 3.47. The Balaban J connectivity index is 1.95. The summed E-state index contributed by atoms with van der Waals surface area (Å²) in [5, 5.41) is 0.590. The molecule has 21 heavy (non-hydrogen) atoms. The molecule has 1 aromatic rings. The first-order chi connectivity index (χ1) is 9.85. The van der Waals surface area contributed by atoms with Crippen LogP contribution in [0.2, 0.25) is 5.02 Å². The van der Waals surface area contributed by atoms with Gasteiger partial charge in [-0.25, -0.2) is 4.79 Å². The van der Waals surface area contributed by atoms with Gasteiger partial charge in [-0.3, -0.25) is 0 Å². The Bertz CT molecular complexity index is 499. The van der Waals surface area contributed by atoms with Crippen molar-refractivity contribution in [2.75, 3.05) is 13.1 Å². The van der Waals surface area contributed by atoms with Crippen molar-refractivity contribution in [3.63, 3.8) is 0 Å². The molecule has 116 valence electrons. The molecule has 1 fully saturated rings. The highest BCUT2D eigenvalue weighted by atomic mass is 35.5. The molecule has 1 saturated heterocycles. The molecular formula is C16H22ClNO3. The van der Waals surface area contributed by atoms with Gasteiger partial charge in [-0.2, -0.15) is 0 Å². The molecule has 1 unspecified atom stereocenters. The highest BCUT2D eigenvalue weighted by Gasteiger charge is 2.28. The molecule has 1 amide bonds. The van der Waals surface area contributed by atoms with Crippen molar-refractivity contribution in [3.05, 3.63) is 29.3 Å². The minimum Gasteiger partial charge on any atom is -0.487 e. The maximum absolute atomic E-state index is 12.1. The molecule has 0 aliphatic carbocycles. The summed E-state index contributed by atoms with van der Waals surface area (Å²) in [6.45, 7) is 6.84. The van der Waals surface area contributed by atoms with Crippen molar-refractivity contribution in [3.8, 4) is 5.75 Å². The van der Waals surface area contributed by atoms with Crippen molar-refractivity contribution >= 4 is 17.7 Å². The standard InChI is InChI=1S/C16H22ClNO3/c1-16(2,3)21-15(19)18-10-6-7-12(11-18)20-14-9-5-4-8-13(14)17/h4-5,8-9,12H,6-7,10-11H2,1-3H3. The van der Waals surface area contributed by atoms with E-state index in [0.717, 1.165) is 12.8 Å². The van der Waals surface area contributed by atoms with Gasteiger partial charge in [0, 0.05) is 6.54 Å². The number of rotatable bonds is 2. The molecule has 2 rings (SSSR count). The predicted octanol–water partition coefficient (Wildman–Crippen LogP) is 4.12. The predicted molar refractivity (Wildman–Crippen MR) is 82.9 cm³/mol. The van der Waals surface area contributed by atoms with E-state index >= 15 is 0 Å². The lowest BCUT2D eigenvalue weighted by Gasteiger charge is -2.34. The van der Waals surface area contributed by atoms with Crippen molar-refractivity contribution in [1.29, 1.82) is 0 Å². The minimum atomic E-state index is -0.479. The number of nitrogens with zero attached hydrogens (tertiary/aromatic N) is 1. The molecule has 4 nitrogen and oxygen atoms in total. The maximum atomic E-state index is 12.1. The van der Waals surface area contributed by atoms with E-state index in [-0.39, 0.29) is 12.2 Å². The summed E-state index contributed by atoms with van der Waals surface area (Å²) in [4.78, 5) is 13.8. The largest absolute Gasteiger partial charge is 0.487 e. The Hall–Kier alpha value is -1.42. The number of hydrogen-bond acceptors (Lipinski definition) is 3. The van der Waals surface area contributed by atoms with E-state index in [9.17, 15) is 4.79 Å². The lowest BCUT2D eigenvalue weighted by Crippen LogP contribution is -2.46. The number of carbonyl (C=O) groups excluding carboxylic acids is 1. The van der Waals surface area contributed by atoms with E-state index < -0.39 is 5.60 Å². The number of likely N-dealkylation sites (tertiary alicyclic amines) is 1. The molecule has 1 aromatic carbocycles. The van der Waals surface area contributed by atoms with Crippen LogP contribution in [-0.2, 0) is 4.74 Å². The summed E-state index contributed by atoms with van der Waals surface area (Å²) in [6.07, 6.45) is 1.47. The third-order valence-electron chi connectivity index (χ3n) is 3.16. The molecule has 0 spiro atoms. The Morgan fingerprint density at radius 2 is 2.05 bits per heavy atom. The topological polar surface area (TPSA) is 38.8 Å². The number of hydrogen-bond donors (Lipinski definition) is 0. The number of benzene rings is 1. The van der Waals surface area contributed by atoms with Crippen LogP contribution in [-0.4, -0.2) is 35.8 Å². The summed E-state index contributed by atoms with van der Waals surface area (Å²) in [5.74, 6) is 0.662. The fourth-order valence-electron chi connectivity index (χ4n) is 2.25. The fourth-order valence-corrected chi connectivity index (χ4v) is 2.43. The number of piperidine rings is 1. The maximum Gasteiger partial charge on any atom is 0.410 e. The normalized spacial score (nSPS) is 19.2. The van der Waals surface area contributed by atoms with Crippen LogP contribution in [0.5, 0.6) is 5.75 Å². The minimum absolute atomic E-state index is 0.0498. The number of para-hydroxylation sites is 1. The second kappa shape index (κ2) is 6.56. The molecule has 0 bridgehead atoms. The van der Waals surface area contributed by atoms with Gasteiger partial charge in [-0.05, 0) is 45.7 Å². The van der Waals surface area contributed by atoms with Crippen LogP contribution in [0.15, 0.2) is 24.3 Å². The number of halogens is 1. The Kier molecular flexibility index (Phi) is 4.99. The summed E-state index contributed by atoms with van der Waals surface area (Å²) >= 11 is 6.10. The summed E-state index contributed by atoms with van der Waals surface area (Å²) in [5.41, 5.74) is -0.479. The van der Waals surface area contributed by atoms with Crippen molar-refractivity contribution in [2.24, 2.45) is 0 Å². The lowest BCUT2D eigenvalue weighted by atomic mass is 10.1. The van der Waals surface area contributed by atoms with Gasteiger partial charge in [0.25, 0.3) is 0 Å². The van der Waals surface area contributed by atoms with Gasteiger partial charge in [0.2, 0.25) is 0 Å². The summed E-state index contributed by atoms with van der Waals surface area (Å²) in [7, 11) is 0. The average molecular weight is 312 g/mol. The molecule has 1 aliphatic rings. The zero-order chi connectivity index (χ0) is 15.5. The molecule has 1 atom stereocenters. The third kappa shape index (κ3) is 4.81. The van der Waals surface area contributed by atoms with Crippen LogP contribution in [0.25, 0.3) is 0 Å². The zero-order valence-electron chi connectivity index (χ0n) is 12.8. The van der Waals surface area contributed by atoms with E-state index in [0.29, 0.717) is 23.9 Å². The zero-order valence-corrected chi connectivity index (χ0v) is 13.5.